The molecule has 29 heavy (non-hydrogen) atoms. The van der Waals surface area contributed by atoms with Gasteiger partial charge in [0.2, 0.25) is 9.84 Å². The Hall–Kier alpha value is -3.45. The van der Waals surface area contributed by atoms with E-state index in [0.717, 1.165) is 16.5 Å². The molecule has 1 heterocycles. The van der Waals surface area contributed by atoms with E-state index in [0.29, 0.717) is 12.1 Å². The van der Waals surface area contributed by atoms with Crippen LogP contribution >= 0.6 is 0 Å². The first kappa shape index (κ1) is 18.9. The van der Waals surface area contributed by atoms with Gasteiger partial charge >= 0.3 is 0 Å². The molecule has 7 heteroatoms. The lowest BCUT2D eigenvalue weighted by Gasteiger charge is -2.08. The summed E-state index contributed by atoms with van der Waals surface area (Å²) < 4.78 is 27.0. The highest BCUT2D eigenvalue weighted by Crippen LogP contribution is 2.21. The fourth-order valence-electron chi connectivity index (χ4n) is 3.11. The monoisotopic (exact) mass is 405 g/mol. The Bertz CT molecular complexity index is 1280. The second-order valence-electron chi connectivity index (χ2n) is 6.68. The zero-order chi connectivity index (χ0) is 20.4. The zero-order valence-electron chi connectivity index (χ0n) is 15.7. The topological polar surface area (TPSA) is 81.1 Å². The van der Waals surface area contributed by atoms with Crippen LogP contribution in [0.2, 0.25) is 0 Å². The number of carbonyl (C=O) groups excluding carboxylic acids is 1. The highest BCUT2D eigenvalue weighted by Gasteiger charge is 2.17. The number of rotatable bonds is 5. The molecule has 0 fully saturated rings. The van der Waals surface area contributed by atoms with E-state index in [1.54, 1.807) is 77.6 Å². The van der Waals surface area contributed by atoms with Gasteiger partial charge in [-0.25, -0.2) is 8.42 Å². The van der Waals surface area contributed by atoms with Gasteiger partial charge in [0.25, 0.3) is 5.91 Å². The molecule has 0 aliphatic heterocycles. The first-order valence-corrected chi connectivity index (χ1v) is 10.5. The van der Waals surface area contributed by atoms with Crippen molar-refractivity contribution in [1.82, 2.24) is 15.1 Å². The Kier molecular flexibility index (Phi) is 4.90. The van der Waals surface area contributed by atoms with Crippen LogP contribution in [0.15, 0.2) is 88.8 Å². The van der Waals surface area contributed by atoms with Gasteiger partial charge in [-0.3, -0.25) is 9.48 Å². The molecule has 0 spiro atoms. The summed E-state index contributed by atoms with van der Waals surface area (Å²) in [6.07, 6.45) is 1.72. The summed E-state index contributed by atoms with van der Waals surface area (Å²) in [6.45, 7) is 0.301. The van der Waals surface area contributed by atoms with Crippen LogP contribution in [-0.2, 0) is 23.4 Å². The molecular weight excluding hydrogens is 386 g/mol. The van der Waals surface area contributed by atoms with Gasteiger partial charge in [-0.2, -0.15) is 5.10 Å². The second kappa shape index (κ2) is 7.52. The molecule has 0 atom stereocenters. The molecule has 1 aromatic heterocycles. The average Bonchev–Trinajstić information content (AvgIpc) is 3.13. The van der Waals surface area contributed by atoms with Crippen molar-refractivity contribution in [3.63, 3.8) is 0 Å². The molecule has 1 N–H and O–H groups in total. The number of nitrogens with zero attached hydrogens (tertiary/aromatic N) is 2. The number of sulfone groups is 1. The van der Waals surface area contributed by atoms with Crippen molar-refractivity contribution in [2.75, 3.05) is 0 Å². The number of carbonyl (C=O) groups is 1. The number of hydrogen-bond acceptors (Lipinski definition) is 4. The van der Waals surface area contributed by atoms with Crippen LogP contribution in [-0.4, -0.2) is 24.1 Å². The highest BCUT2D eigenvalue weighted by atomic mass is 32.2. The Morgan fingerprint density at radius 3 is 2.38 bits per heavy atom. The lowest BCUT2D eigenvalue weighted by Crippen LogP contribution is -2.22. The average molecular weight is 405 g/mol. The van der Waals surface area contributed by atoms with Gasteiger partial charge in [-0.15, -0.1) is 0 Å². The molecule has 6 nitrogen and oxygen atoms in total. The van der Waals surface area contributed by atoms with Crippen LogP contribution < -0.4 is 5.32 Å². The van der Waals surface area contributed by atoms with Crippen LogP contribution in [0.3, 0.4) is 0 Å². The van der Waals surface area contributed by atoms with E-state index < -0.39 is 9.84 Å². The summed E-state index contributed by atoms with van der Waals surface area (Å²) >= 11 is 0. The largest absolute Gasteiger partial charge is 0.348 e. The van der Waals surface area contributed by atoms with Crippen LogP contribution in [0.1, 0.15) is 15.9 Å². The molecular formula is C22H19N3O3S. The highest BCUT2D eigenvalue weighted by molar-refractivity contribution is 7.91. The number of aromatic nitrogens is 2. The van der Waals surface area contributed by atoms with Crippen molar-refractivity contribution in [3.05, 3.63) is 90.1 Å². The number of amides is 1. The van der Waals surface area contributed by atoms with Crippen molar-refractivity contribution in [1.29, 1.82) is 0 Å². The molecule has 0 saturated carbocycles. The first-order valence-electron chi connectivity index (χ1n) is 9.04. The Balaban J connectivity index is 1.45. The third-order valence-electron chi connectivity index (χ3n) is 4.75. The molecule has 4 rings (SSSR count). The molecule has 146 valence electrons. The molecule has 0 saturated heterocycles. The normalized spacial score (nSPS) is 11.5. The maximum absolute atomic E-state index is 12.6. The molecule has 0 aliphatic carbocycles. The van der Waals surface area contributed by atoms with E-state index >= 15 is 0 Å². The quantitative estimate of drug-likeness (QED) is 0.552. The summed E-state index contributed by atoms with van der Waals surface area (Å²) in [7, 11) is -1.69. The Labute approximate surface area is 168 Å². The summed E-state index contributed by atoms with van der Waals surface area (Å²) in [6, 6.07) is 20.3. The molecule has 4 aromatic rings. The first-order chi connectivity index (χ1) is 13.9. The van der Waals surface area contributed by atoms with Gasteiger partial charge < -0.3 is 5.32 Å². The molecule has 0 bridgehead atoms. The van der Waals surface area contributed by atoms with Gasteiger partial charge in [0.1, 0.15) is 0 Å². The predicted molar refractivity (Wildman–Crippen MR) is 110 cm³/mol. The lowest BCUT2D eigenvalue weighted by molar-refractivity contribution is 0.0951. The Morgan fingerprint density at radius 1 is 0.966 bits per heavy atom. The third kappa shape index (κ3) is 3.77. The minimum atomic E-state index is -3.54. The smallest absolute Gasteiger partial charge is 0.251 e. The van der Waals surface area contributed by atoms with Crippen LogP contribution in [0.4, 0.5) is 0 Å². The molecule has 0 unspecified atom stereocenters. The van der Waals surface area contributed by atoms with E-state index in [4.69, 9.17) is 0 Å². The van der Waals surface area contributed by atoms with Crippen LogP contribution in [0.5, 0.6) is 0 Å². The number of hydrogen-bond donors (Lipinski definition) is 1. The predicted octanol–water partition coefficient (Wildman–Crippen LogP) is 3.34. The zero-order valence-corrected chi connectivity index (χ0v) is 16.6. The van der Waals surface area contributed by atoms with Crippen molar-refractivity contribution in [2.45, 2.75) is 16.3 Å². The van der Waals surface area contributed by atoms with E-state index in [1.165, 1.54) is 0 Å². The van der Waals surface area contributed by atoms with E-state index in [9.17, 15) is 13.2 Å². The van der Waals surface area contributed by atoms with E-state index in [-0.39, 0.29) is 15.7 Å². The SMILES string of the molecule is Cn1ncc2cc(C(=O)NCc3ccc(S(=O)(=O)c4ccccc4)cc3)ccc21. The minimum absolute atomic E-state index is 0.197. The summed E-state index contributed by atoms with van der Waals surface area (Å²) in [5.41, 5.74) is 2.32. The maximum Gasteiger partial charge on any atom is 0.251 e. The van der Waals surface area contributed by atoms with E-state index in [2.05, 4.69) is 10.4 Å². The van der Waals surface area contributed by atoms with Crippen molar-refractivity contribution < 1.29 is 13.2 Å². The molecule has 1 amide bonds. The molecule has 0 radical (unpaired) electrons. The second-order valence-corrected chi connectivity index (χ2v) is 8.63. The van der Waals surface area contributed by atoms with Crippen molar-refractivity contribution in [2.24, 2.45) is 7.05 Å². The van der Waals surface area contributed by atoms with Gasteiger partial charge in [0, 0.05) is 24.5 Å². The number of nitrogens with one attached hydrogen (secondary N) is 1. The number of fused-ring (bicyclic) bond motifs is 1. The lowest BCUT2D eigenvalue weighted by atomic mass is 10.1. The summed E-state index contributed by atoms with van der Waals surface area (Å²) in [5, 5.41) is 7.94. The van der Waals surface area contributed by atoms with Gasteiger partial charge in [-0.1, -0.05) is 30.3 Å². The minimum Gasteiger partial charge on any atom is -0.348 e. The maximum atomic E-state index is 12.6. The van der Waals surface area contributed by atoms with Crippen LogP contribution in [0, 0.1) is 0 Å². The van der Waals surface area contributed by atoms with Crippen molar-refractivity contribution in [3.8, 4) is 0 Å². The molecule has 0 aliphatic rings. The number of benzene rings is 3. The third-order valence-corrected chi connectivity index (χ3v) is 6.53. The standard InChI is InChI=1S/C22H19N3O3S/c1-25-21-12-9-17(13-18(21)15-24-25)22(26)23-14-16-7-10-20(11-8-16)29(27,28)19-5-3-2-4-6-19/h2-13,15H,14H2,1H3,(H,23,26). The van der Waals surface area contributed by atoms with E-state index in [1.807, 2.05) is 13.1 Å². The van der Waals surface area contributed by atoms with Crippen molar-refractivity contribution >= 4 is 26.6 Å². The fourth-order valence-corrected chi connectivity index (χ4v) is 4.39. The number of aryl methyl sites for hydroxylation is 1. The van der Waals surface area contributed by atoms with Gasteiger partial charge in [0.15, 0.2) is 0 Å². The molecule has 3 aromatic carbocycles. The summed E-state index contributed by atoms with van der Waals surface area (Å²) in [4.78, 5) is 12.9. The van der Waals surface area contributed by atoms with Gasteiger partial charge in [0.05, 0.1) is 21.5 Å². The summed E-state index contributed by atoms with van der Waals surface area (Å²) in [5.74, 6) is -0.197. The fraction of sp³-hybridized carbons (Fsp3) is 0.0909. The van der Waals surface area contributed by atoms with Crippen LogP contribution in [0.25, 0.3) is 10.9 Å². The Morgan fingerprint density at radius 2 is 1.66 bits per heavy atom. The van der Waals surface area contributed by atoms with Gasteiger partial charge in [-0.05, 0) is 48.0 Å².